The summed E-state index contributed by atoms with van der Waals surface area (Å²) in [5.74, 6) is 1.97. The molecule has 5 nitrogen and oxygen atoms in total. The first-order chi connectivity index (χ1) is 10.1. The largest absolute Gasteiger partial charge is 0.493 e. The van der Waals surface area contributed by atoms with E-state index in [1.807, 2.05) is 25.1 Å². The third kappa shape index (κ3) is 4.35. The standard InChI is InChI=1S/C15H23NO4S/c1-3-20-14-8-4-6-12(15(14)19-2)10-16-13-7-5-9-21(17,18)11-13/h4,6,8,13,16H,3,5,7,9-11H2,1-2H3. The summed E-state index contributed by atoms with van der Waals surface area (Å²) < 4.78 is 34.3. The zero-order valence-electron chi connectivity index (χ0n) is 12.6. The van der Waals surface area contributed by atoms with E-state index in [-0.39, 0.29) is 11.8 Å². The lowest BCUT2D eigenvalue weighted by Gasteiger charge is -2.23. The van der Waals surface area contributed by atoms with E-state index in [4.69, 9.17) is 9.47 Å². The predicted octanol–water partition coefficient (Wildman–Crippen LogP) is 1.76. The van der Waals surface area contributed by atoms with Gasteiger partial charge in [0.15, 0.2) is 21.3 Å². The highest BCUT2D eigenvalue weighted by molar-refractivity contribution is 7.91. The highest BCUT2D eigenvalue weighted by atomic mass is 32.2. The Bertz CT molecular complexity index is 571. The number of nitrogens with one attached hydrogen (secondary N) is 1. The summed E-state index contributed by atoms with van der Waals surface area (Å²) in [6.45, 7) is 3.08. The first-order valence-corrected chi connectivity index (χ1v) is 9.10. The van der Waals surface area contributed by atoms with E-state index < -0.39 is 9.84 Å². The van der Waals surface area contributed by atoms with Crippen LogP contribution in [0.3, 0.4) is 0 Å². The number of ether oxygens (including phenoxy) is 2. The van der Waals surface area contributed by atoms with Crippen LogP contribution >= 0.6 is 0 Å². The van der Waals surface area contributed by atoms with E-state index in [0.29, 0.717) is 24.7 Å². The minimum absolute atomic E-state index is 0.0178. The molecular formula is C15H23NO4S. The van der Waals surface area contributed by atoms with Crippen molar-refractivity contribution in [2.45, 2.75) is 32.4 Å². The number of hydrogen-bond donors (Lipinski definition) is 1. The van der Waals surface area contributed by atoms with Crippen LogP contribution in [0.4, 0.5) is 0 Å². The first-order valence-electron chi connectivity index (χ1n) is 7.28. The third-order valence-corrected chi connectivity index (χ3v) is 5.43. The molecule has 1 heterocycles. The number of hydrogen-bond acceptors (Lipinski definition) is 5. The fraction of sp³-hybridized carbons (Fsp3) is 0.600. The van der Waals surface area contributed by atoms with Crippen LogP contribution in [-0.4, -0.2) is 39.7 Å². The molecule has 0 aromatic heterocycles. The summed E-state index contributed by atoms with van der Waals surface area (Å²) in [6, 6.07) is 5.77. The quantitative estimate of drug-likeness (QED) is 0.867. The molecule has 2 rings (SSSR count). The van der Waals surface area contributed by atoms with Crippen molar-refractivity contribution in [2.75, 3.05) is 25.2 Å². The van der Waals surface area contributed by atoms with Gasteiger partial charge in [-0.25, -0.2) is 8.42 Å². The van der Waals surface area contributed by atoms with Gasteiger partial charge in [-0.05, 0) is 25.8 Å². The van der Waals surface area contributed by atoms with Gasteiger partial charge in [-0.1, -0.05) is 12.1 Å². The summed E-state index contributed by atoms with van der Waals surface area (Å²) in [5, 5.41) is 3.32. The molecule has 1 aromatic rings. The van der Waals surface area contributed by atoms with Gasteiger partial charge in [-0.2, -0.15) is 0 Å². The van der Waals surface area contributed by atoms with Crippen LogP contribution in [0.2, 0.25) is 0 Å². The second-order valence-electron chi connectivity index (χ2n) is 5.22. The Morgan fingerprint density at radius 1 is 1.38 bits per heavy atom. The lowest BCUT2D eigenvalue weighted by Crippen LogP contribution is -2.39. The molecule has 6 heteroatoms. The lowest BCUT2D eigenvalue weighted by molar-refractivity contribution is 0.308. The van der Waals surface area contributed by atoms with Crippen molar-refractivity contribution in [3.63, 3.8) is 0 Å². The third-order valence-electron chi connectivity index (χ3n) is 3.61. The highest BCUT2D eigenvalue weighted by Crippen LogP contribution is 2.31. The monoisotopic (exact) mass is 313 g/mol. The Morgan fingerprint density at radius 3 is 2.86 bits per heavy atom. The van der Waals surface area contributed by atoms with E-state index in [1.54, 1.807) is 7.11 Å². The summed E-state index contributed by atoms with van der Waals surface area (Å²) in [7, 11) is -1.27. The van der Waals surface area contributed by atoms with E-state index in [2.05, 4.69) is 5.32 Å². The summed E-state index contributed by atoms with van der Waals surface area (Å²) in [5.41, 5.74) is 0.978. The van der Waals surface area contributed by atoms with E-state index in [1.165, 1.54) is 0 Å². The molecule has 118 valence electrons. The smallest absolute Gasteiger partial charge is 0.165 e. The molecule has 1 fully saturated rings. The van der Waals surface area contributed by atoms with Gasteiger partial charge in [-0.3, -0.25) is 0 Å². The fourth-order valence-corrected chi connectivity index (χ4v) is 4.31. The maximum Gasteiger partial charge on any atom is 0.165 e. The van der Waals surface area contributed by atoms with Crippen LogP contribution < -0.4 is 14.8 Å². The van der Waals surface area contributed by atoms with Crippen molar-refractivity contribution in [1.29, 1.82) is 0 Å². The zero-order chi connectivity index (χ0) is 15.3. The van der Waals surface area contributed by atoms with Gasteiger partial charge in [0.25, 0.3) is 0 Å². The molecule has 1 atom stereocenters. The Hall–Kier alpha value is -1.27. The molecule has 0 bridgehead atoms. The van der Waals surface area contributed by atoms with Crippen LogP contribution in [0.15, 0.2) is 18.2 Å². The molecule has 21 heavy (non-hydrogen) atoms. The number of para-hydroxylation sites is 1. The van der Waals surface area contributed by atoms with Gasteiger partial charge in [0.2, 0.25) is 0 Å². The van der Waals surface area contributed by atoms with E-state index in [0.717, 1.165) is 24.2 Å². The molecule has 0 saturated carbocycles. The van der Waals surface area contributed by atoms with Crippen LogP contribution in [0.25, 0.3) is 0 Å². The molecule has 1 aliphatic rings. The maximum atomic E-state index is 11.7. The van der Waals surface area contributed by atoms with Crippen molar-refractivity contribution in [1.82, 2.24) is 5.32 Å². The second kappa shape index (κ2) is 7.13. The van der Waals surface area contributed by atoms with Crippen LogP contribution in [-0.2, 0) is 16.4 Å². The van der Waals surface area contributed by atoms with E-state index >= 15 is 0 Å². The summed E-state index contributed by atoms with van der Waals surface area (Å²) >= 11 is 0. The van der Waals surface area contributed by atoms with Crippen LogP contribution in [0.5, 0.6) is 11.5 Å². The van der Waals surface area contributed by atoms with Crippen molar-refractivity contribution < 1.29 is 17.9 Å². The van der Waals surface area contributed by atoms with Crippen molar-refractivity contribution in [3.05, 3.63) is 23.8 Å². The second-order valence-corrected chi connectivity index (χ2v) is 7.44. The fourth-order valence-electron chi connectivity index (χ4n) is 2.64. The molecule has 0 radical (unpaired) electrons. The minimum atomic E-state index is -2.89. The molecule has 1 N–H and O–H groups in total. The molecule has 1 unspecified atom stereocenters. The number of sulfone groups is 1. The average Bonchev–Trinajstić information content (AvgIpc) is 2.44. The Morgan fingerprint density at radius 2 is 2.19 bits per heavy atom. The number of benzene rings is 1. The minimum Gasteiger partial charge on any atom is -0.493 e. The van der Waals surface area contributed by atoms with E-state index in [9.17, 15) is 8.42 Å². The number of methoxy groups -OCH3 is 1. The summed E-state index contributed by atoms with van der Waals surface area (Å²) in [6.07, 6.45) is 1.63. The molecule has 0 amide bonds. The Kier molecular flexibility index (Phi) is 5.47. The normalized spacial score (nSPS) is 21.0. The van der Waals surface area contributed by atoms with Crippen molar-refractivity contribution in [3.8, 4) is 11.5 Å². The van der Waals surface area contributed by atoms with Gasteiger partial charge < -0.3 is 14.8 Å². The van der Waals surface area contributed by atoms with Gasteiger partial charge in [0, 0.05) is 18.2 Å². The van der Waals surface area contributed by atoms with Gasteiger partial charge in [0.1, 0.15) is 0 Å². The first kappa shape index (κ1) is 16.1. The Balaban J connectivity index is 2.04. The average molecular weight is 313 g/mol. The van der Waals surface area contributed by atoms with Crippen LogP contribution in [0.1, 0.15) is 25.3 Å². The number of rotatable bonds is 6. The topological polar surface area (TPSA) is 64.6 Å². The zero-order valence-corrected chi connectivity index (χ0v) is 13.4. The molecule has 1 saturated heterocycles. The van der Waals surface area contributed by atoms with Gasteiger partial charge in [0.05, 0.1) is 25.2 Å². The molecule has 1 aromatic carbocycles. The van der Waals surface area contributed by atoms with Gasteiger partial charge >= 0.3 is 0 Å². The maximum absolute atomic E-state index is 11.7. The van der Waals surface area contributed by atoms with Crippen molar-refractivity contribution >= 4 is 9.84 Å². The van der Waals surface area contributed by atoms with Crippen molar-refractivity contribution in [2.24, 2.45) is 0 Å². The molecule has 0 spiro atoms. The Labute approximate surface area is 126 Å². The highest BCUT2D eigenvalue weighted by Gasteiger charge is 2.24. The van der Waals surface area contributed by atoms with Crippen LogP contribution in [0, 0.1) is 0 Å². The molecule has 1 aliphatic heterocycles. The molecular weight excluding hydrogens is 290 g/mol. The van der Waals surface area contributed by atoms with Gasteiger partial charge in [-0.15, -0.1) is 0 Å². The lowest BCUT2D eigenvalue weighted by atomic mass is 10.1. The molecule has 0 aliphatic carbocycles. The SMILES string of the molecule is CCOc1cccc(CNC2CCCS(=O)(=O)C2)c1OC. The predicted molar refractivity (Wildman–Crippen MR) is 82.7 cm³/mol. The summed E-state index contributed by atoms with van der Waals surface area (Å²) in [4.78, 5) is 0.